The number of aryl methyl sites for hydroxylation is 1. The van der Waals surface area contributed by atoms with Crippen LogP contribution in [-0.2, 0) is 10.0 Å². The van der Waals surface area contributed by atoms with E-state index in [9.17, 15) is 8.42 Å². The van der Waals surface area contributed by atoms with Gasteiger partial charge in [0.05, 0.1) is 10.4 Å². The van der Waals surface area contributed by atoms with Crippen LogP contribution in [0.2, 0.25) is 5.15 Å². The van der Waals surface area contributed by atoms with E-state index < -0.39 is 10.0 Å². The van der Waals surface area contributed by atoms with Crippen molar-refractivity contribution in [3.8, 4) is 0 Å². The summed E-state index contributed by atoms with van der Waals surface area (Å²) >= 11 is 5.93. The Balaban J connectivity index is 2.68. The average molecular weight is 285 g/mol. The van der Waals surface area contributed by atoms with E-state index in [0.717, 1.165) is 10.9 Å². The van der Waals surface area contributed by atoms with E-state index in [-0.39, 0.29) is 4.90 Å². The highest BCUT2D eigenvalue weighted by Gasteiger charge is 2.17. The highest BCUT2D eigenvalue weighted by molar-refractivity contribution is 7.89. The molecule has 0 saturated carbocycles. The third-order valence-corrected chi connectivity index (χ3v) is 4.89. The Morgan fingerprint density at radius 2 is 1.89 bits per heavy atom. The predicted octanol–water partition coefficient (Wildman–Crippen LogP) is 2.45. The van der Waals surface area contributed by atoms with E-state index in [1.54, 1.807) is 12.1 Å². The van der Waals surface area contributed by atoms with E-state index in [1.807, 2.05) is 13.0 Å². The first-order valence-corrected chi connectivity index (χ1v) is 7.13. The lowest BCUT2D eigenvalue weighted by atomic mass is 10.2. The van der Waals surface area contributed by atoms with Crippen molar-refractivity contribution in [3.05, 3.63) is 35.0 Å². The van der Waals surface area contributed by atoms with Gasteiger partial charge in [0.25, 0.3) is 0 Å². The molecule has 0 aliphatic heterocycles. The average Bonchev–Trinajstić information content (AvgIpc) is 2.29. The molecule has 0 aliphatic carbocycles. The minimum atomic E-state index is -3.42. The number of halogens is 1. The molecule has 18 heavy (non-hydrogen) atoms. The molecule has 0 bridgehead atoms. The van der Waals surface area contributed by atoms with Crippen LogP contribution in [0.4, 0.5) is 0 Å². The minimum absolute atomic E-state index is 0.253. The lowest BCUT2D eigenvalue weighted by Gasteiger charge is -2.12. The largest absolute Gasteiger partial charge is 0.242 e. The topological polar surface area (TPSA) is 50.3 Å². The number of hydrogen-bond acceptors (Lipinski definition) is 3. The van der Waals surface area contributed by atoms with Gasteiger partial charge in [-0.1, -0.05) is 11.6 Å². The summed E-state index contributed by atoms with van der Waals surface area (Å²) in [4.78, 5) is 4.45. The summed E-state index contributed by atoms with van der Waals surface area (Å²) in [7, 11) is -0.409. The Kier molecular flexibility index (Phi) is 3.31. The number of aromatic nitrogens is 1. The maximum absolute atomic E-state index is 12.0. The zero-order valence-electron chi connectivity index (χ0n) is 10.3. The van der Waals surface area contributed by atoms with Crippen LogP contribution in [0.5, 0.6) is 0 Å². The molecule has 1 aromatic carbocycles. The molecule has 0 spiro atoms. The monoisotopic (exact) mass is 284 g/mol. The molecule has 2 rings (SSSR count). The first kappa shape index (κ1) is 13.3. The Labute approximate surface area is 111 Å². The number of sulfonamides is 1. The van der Waals surface area contributed by atoms with Crippen LogP contribution in [0, 0.1) is 6.92 Å². The van der Waals surface area contributed by atoms with Gasteiger partial charge in [-0.2, -0.15) is 0 Å². The van der Waals surface area contributed by atoms with E-state index >= 15 is 0 Å². The summed E-state index contributed by atoms with van der Waals surface area (Å²) < 4.78 is 25.2. The van der Waals surface area contributed by atoms with Gasteiger partial charge in [0, 0.05) is 19.5 Å². The minimum Gasteiger partial charge on any atom is -0.236 e. The summed E-state index contributed by atoms with van der Waals surface area (Å²) in [5.41, 5.74) is 1.51. The molecule has 0 unspecified atom stereocenters. The Morgan fingerprint density at radius 1 is 1.22 bits per heavy atom. The fourth-order valence-corrected chi connectivity index (χ4v) is 2.69. The van der Waals surface area contributed by atoms with E-state index in [4.69, 9.17) is 11.6 Å². The molecule has 0 fully saturated rings. The summed E-state index contributed by atoms with van der Waals surface area (Å²) in [5, 5.41) is 1.20. The van der Waals surface area contributed by atoms with Gasteiger partial charge < -0.3 is 0 Å². The summed E-state index contributed by atoms with van der Waals surface area (Å²) in [6, 6.07) is 6.65. The summed E-state index contributed by atoms with van der Waals surface area (Å²) in [6.45, 7) is 1.84. The maximum Gasteiger partial charge on any atom is 0.242 e. The second kappa shape index (κ2) is 4.50. The van der Waals surface area contributed by atoms with Gasteiger partial charge >= 0.3 is 0 Å². The molecule has 4 nitrogen and oxygen atoms in total. The molecule has 1 aromatic heterocycles. The van der Waals surface area contributed by atoms with Gasteiger partial charge in [-0.25, -0.2) is 17.7 Å². The van der Waals surface area contributed by atoms with Gasteiger partial charge in [-0.05, 0) is 36.8 Å². The van der Waals surface area contributed by atoms with Gasteiger partial charge in [0.2, 0.25) is 10.0 Å². The molecule has 6 heteroatoms. The lowest BCUT2D eigenvalue weighted by Crippen LogP contribution is -2.22. The fraction of sp³-hybridized carbons (Fsp3) is 0.250. The SMILES string of the molecule is Cc1cc2cc(S(=O)(=O)N(C)C)ccc2nc1Cl. The van der Waals surface area contributed by atoms with Crippen LogP contribution in [0.3, 0.4) is 0 Å². The second-order valence-corrected chi connectivity index (χ2v) is 6.75. The van der Waals surface area contributed by atoms with Crippen LogP contribution in [-0.4, -0.2) is 31.8 Å². The number of fused-ring (bicyclic) bond motifs is 1. The first-order chi connectivity index (χ1) is 8.32. The van der Waals surface area contributed by atoms with Crippen LogP contribution in [0.15, 0.2) is 29.2 Å². The number of benzene rings is 1. The van der Waals surface area contributed by atoms with Gasteiger partial charge in [0.15, 0.2) is 0 Å². The third kappa shape index (κ3) is 2.21. The second-order valence-electron chi connectivity index (χ2n) is 4.24. The predicted molar refractivity (Wildman–Crippen MR) is 72.4 cm³/mol. The standard InChI is InChI=1S/C12H13ClN2O2S/c1-8-6-9-7-10(18(16,17)15(2)3)4-5-11(9)14-12(8)13/h4-7H,1-3H3. The number of nitrogens with zero attached hydrogens (tertiary/aromatic N) is 2. The smallest absolute Gasteiger partial charge is 0.236 e. The Hall–Kier alpha value is -1.17. The third-order valence-electron chi connectivity index (χ3n) is 2.69. The van der Waals surface area contributed by atoms with Crippen molar-refractivity contribution in [1.82, 2.24) is 9.29 Å². The van der Waals surface area contributed by atoms with Gasteiger partial charge in [-0.15, -0.1) is 0 Å². The molecule has 0 aliphatic rings. The highest BCUT2D eigenvalue weighted by atomic mass is 35.5. The molecular formula is C12H13ClN2O2S. The number of pyridine rings is 1. The summed E-state index contributed by atoms with van der Waals surface area (Å²) in [6.07, 6.45) is 0. The highest BCUT2D eigenvalue weighted by Crippen LogP contribution is 2.23. The molecule has 0 radical (unpaired) electrons. The molecule has 0 N–H and O–H groups in total. The molecular weight excluding hydrogens is 272 g/mol. The van der Waals surface area contributed by atoms with Crippen molar-refractivity contribution in [2.75, 3.05) is 14.1 Å². The molecule has 0 atom stereocenters. The molecule has 96 valence electrons. The zero-order valence-corrected chi connectivity index (χ0v) is 11.9. The lowest BCUT2D eigenvalue weighted by molar-refractivity contribution is 0.521. The van der Waals surface area contributed by atoms with Gasteiger partial charge in [0.1, 0.15) is 5.15 Å². The van der Waals surface area contributed by atoms with Crippen LogP contribution in [0.1, 0.15) is 5.56 Å². The van der Waals surface area contributed by atoms with E-state index in [0.29, 0.717) is 10.7 Å². The quantitative estimate of drug-likeness (QED) is 0.796. The fourth-order valence-electron chi connectivity index (χ4n) is 1.61. The van der Waals surface area contributed by atoms with Crippen molar-refractivity contribution in [2.45, 2.75) is 11.8 Å². The maximum atomic E-state index is 12.0. The van der Waals surface area contributed by atoms with Crippen LogP contribution < -0.4 is 0 Å². The molecule has 1 heterocycles. The zero-order chi connectivity index (χ0) is 13.5. The normalized spacial score (nSPS) is 12.3. The van der Waals surface area contributed by atoms with Crippen LogP contribution in [0.25, 0.3) is 10.9 Å². The molecule has 0 amide bonds. The van der Waals surface area contributed by atoms with Crippen molar-refractivity contribution in [2.24, 2.45) is 0 Å². The van der Waals surface area contributed by atoms with Crippen molar-refractivity contribution in [1.29, 1.82) is 0 Å². The van der Waals surface area contributed by atoms with Gasteiger partial charge in [-0.3, -0.25) is 0 Å². The van der Waals surface area contributed by atoms with Crippen molar-refractivity contribution in [3.63, 3.8) is 0 Å². The number of hydrogen-bond donors (Lipinski definition) is 0. The van der Waals surface area contributed by atoms with Crippen LogP contribution >= 0.6 is 11.6 Å². The Bertz CT molecular complexity index is 711. The van der Waals surface area contributed by atoms with E-state index in [2.05, 4.69) is 4.98 Å². The Morgan fingerprint density at radius 3 is 2.50 bits per heavy atom. The first-order valence-electron chi connectivity index (χ1n) is 5.32. The molecule has 0 saturated heterocycles. The summed E-state index contributed by atoms with van der Waals surface area (Å²) in [5.74, 6) is 0. The van der Waals surface area contributed by atoms with Crippen molar-refractivity contribution < 1.29 is 8.42 Å². The van der Waals surface area contributed by atoms with E-state index in [1.165, 1.54) is 24.5 Å². The molecule has 2 aromatic rings. The number of rotatable bonds is 2. The van der Waals surface area contributed by atoms with Crippen molar-refractivity contribution >= 4 is 32.5 Å².